The Morgan fingerprint density at radius 3 is 3.24 bits per heavy atom. The maximum Gasteiger partial charge on any atom is 0.270 e. The Kier molecular flexibility index (Phi) is 4.09. The lowest BCUT2D eigenvalue weighted by molar-refractivity contribution is 0.0888. The van der Waals surface area contributed by atoms with Crippen LogP contribution in [-0.2, 0) is 4.74 Å². The number of hydrogen-bond donors (Lipinski definition) is 2. The Labute approximate surface area is 105 Å². The van der Waals surface area contributed by atoms with Crippen LogP contribution in [0.25, 0.3) is 0 Å². The standard InChI is InChI=1S/C11H17N3O2S/c1-16-7-11(3-2-4-14-11)6-12-10(15)9-5-17-8-13-9/h5,8,14H,2-4,6-7H2,1H3,(H,12,15). The molecule has 6 heteroatoms. The van der Waals surface area contributed by atoms with E-state index in [2.05, 4.69) is 15.6 Å². The molecular formula is C11H17N3O2S. The number of ether oxygens (including phenoxy) is 1. The van der Waals surface area contributed by atoms with Crippen molar-refractivity contribution in [2.45, 2.75) is 18.4 Å². The number of nitrogens with one attached hydrogen (secondary N) is 2. The summed E-state index contributed by atoms with van der Waals surface area (Å²) in [5, 5.41) is 8.08. The van der Waals surface area contributed by atoms with Crippen LogP contribution in [0.15, 0.2) is 10.9 Å². The van der Waals surface area contributed by atoms with Crippen LogP contribution in [0.4, 0.5) is 0 Å². The number of thiazole rings is 1. The highest BCUT2D eigenvalue weighted by Crippen LogP contribution is 2.18. The summed E-state index contributed by atoms with van der Waals surface area (Å²) in [5.74, 6) is -0.115. The molecule has 1 aromatic rings. The van der Waals surface area contributed by atoms with Crippen molar-refractivity contribution in [3.8, 4) is 0 Å². The second-order valence-corrected chi connectivity index (χ2v) is 5.02. The maximum absolute atomic E-state index is 11.8. The highest BCUT2D eigenvalue weighted by molar-refractivity contribution is 7.07. The van der Waals surface area contributed by atoms with Crippen molar-refractivity contribution in [3.05, 3.63) is 16.6 Å². The van der Waals surface area contributed by atoms with Gasteiger partial charge < -0.3 is 15.4 Å². The molecule has 0 aromatic carbocycles. The van der Waals surface area contributed by atoms with Gasteiger partial charge in [0.1, 0.15) is 5.69 Å². The average Bonchev–Trinajstić information content (AvgIpc) is 2.98. The first-order valence-electron chi connectivity index (χ1n) is 5.66. The molecule has 5 nitrogen and oxygen atoms in total. The van der Waals surface area contributed by atoms with Crippen LogP contribution in [0, 0.1) is 0 Å². The molecule has 2 N–H and O–H groups in total. The summed E-state index contributed by atoms with van der Waals surface area (Å²) in [6.07, 6.45) is 2.15. The first-order valence-corrected chi connectivity index (χ1v) is 6.60. The van der Waals surface area contributed by atoms with E-state index in [1.54, 1.807) is 18.0 Å². The molecule has 0 saturated carbocycles. The van der Waals surface area contributed by atoms with Crippen molar-refractivity contribution in [3.63, 3.8) is 0 Å². The van der Waals surface area contributed by atoms with E-state index in [4.69, 9.17) is 4.74 Å². The second-order valence-electron chi connectivity index (χ2n) is 4.30. The first kappa shape index (κ1) is 12.5. The SMILES string of the molecule is COCC1(CNC(=O)c2cscn2)CCCN1. The summed E-state index contributed by atoms with van der Waals surface area (Å²) >= 11 is 1.42. The lowest BCUT2D eigenvalue weighted by Crippen LogP contribution is -2.53. The molecule has 0 radical (unpaired) electrons. The van der Waals surface area contributed by atoms with Crippen LogP contribution in [0.3, 0.4) is 0 Å². The molecular weight excluding hydrogens is 238 g/mol. The Bertz CT molecular complexity index is 361. The van der Waals surface area contributed by atoms with Crippen molar-refractivity contribution < 1.29 is 9.53 Å². The second kappa shape index (κ2) is 5.57. The smallest absolute Gasteiger partial charge is 0.270 e. The van der Waals surface area contributed by atoms with Crippen LogP contribution >= 0.6 is 11.3 Å². The van der Waals surface area contributed by atoms with Gasteiger partial charge in [-0.2, -0.15) is 0 Å². The monoisotopic (exact) mass is 255 g/mol. The first-order chi connectivity index (χ1) is 8.26. The molecule has 1 amide bonds. The molecule has 1 saturated heterocycles. The fourth-order valence-electron chi connectivity index (χ4n) is 2.13. The van der Waals surface area contributed by atoms with E-state index in [9.17, 15) is 4.79 Å². The summed E-state index contributed by atoms with van der Waals surface area (Å²) in [4.78, 5) is 15.8. The van der Waals surface area contributed by atoms with Gasteiger partial charge in [0, 0.05) is 19.0 Å². The van der Waals surface area contributed by atoms with Gasteiger partial charge in [-0.05, 0) is 19.4 Å². The van der Waals surface area contributed by atoms with Crippen LogP contribution in [0.1, 0.15) is 23.3 Å². The van der Waals surface area contributed by atoms with E-state index < -0.39 is 0 Å². The zero-order valence-electron chi connectivity index (χ0n) is 9.86. The highest BCUT2D eigenvalue weighted by Gasteiger charge is 2.33. The van der Waals surface area contributed by atoms with E-state index >= 15 is 0 Å². The van der Waals surface area contributed by atoms with Gasteiger partial charge in [0.25, 0.3) is 5.91 Å². The van der Waals surface area contributed by atoms with Gasteiger partial charge in [0.05, 0.1) is 17.7 Å². The predicted octanol–water partition coefficient (Wildman–Crippen LogP) is 0.641. The van der Waals surface area contributed by atoms with Crippen LogP contribution in [-0.4, -0.2) is 43.2 Å². The minimum absolute atomic E-state index is 0.111. The zero-order chi connectivity index (χ0) is 12.1. The van der Waals surface area contributed by atoms with Gasteiger partial charge in [-0.25, -0.2) is 4.98 Å². The zero-order valence-corrected chi connectivity index (χ0v) is 10.7. The Morgan fingerprint density at radius 1 is 1.76 bits per heavy atom. The quantitative estimate of drug-likeness (QED) is 0.810. The van der Waals surface area contributed by atoms with Crippen LogP contribution in [0.5, 0.6) is 0 Å². The lowest BCUT2D eigenvalue weighted by atomic mass is 9.98. The third-order valence-electron chi connectivity index (χ3n) is 3.01. The molecule has 1 aliphatic heterocycles. The third kappa shape index (κ3) is 3.02. The van der Waals surface area contributed by atoms with Gasteiger partial charge in [-0.15, -0.1) is 11.3 Å². The van der Waals surface area contributed by atoms with Crippen molar-refractivity contribution in [2.24, 2.45) is 0 Å². The van der Waals surface area contributed by atoms with E-state index in [-0.39, 0.29) is 11.4 Å². The van der Waals surface area contributed by atoms with E-state index in [0.29, 0.717) is 18.8 Å². The van der Waals surface area contributed by atoms with Crippen molar-refractivity contribution in [1.82, 2.24) is 15.6 Å². The molecule has 17 heavy (non-hydrogen) atoms. The van der Waals surface area contributed by atoms with Crippen LogP contribution in [0.2, 0.25) is 0 Å². The molecule has 1 aliphatic rings. The van der Waals surface area contributed by atoms with Gasteiger partial charge in [0.2, 0.25) is 0 Å². The van der Waals surface area contributed by atoms with Crippen molar-refractivity contribution in [2.75, 3.05) is 26.8 Å². The molecule has 2 heterocycles. The largest absolute Gasteiger partial charge is 0.383 e. The van der Waals surface area contributed by atoms with Gasteiger partial charge in [-0.3, -0.25) is 4.79 Å². The normalized spacial score (nSPS) is 23.8. The summed E-state index contributed by atoms with van der Waals surface area (Å²) in [5.41, 5.74) is 2.04. The number of rotatable bonds is 5. The lowest BCUT2D eigenvalue weighted by Gasteiger charge is -2.28. The number of carbonyl (C=O) groups excluding carboxylic acids is 1. The Morgan fingerprint density at radius 2 is 2.65 bits per heavy atom. The number of amides is 1. The molecule has 0 spiro atoms. The molecule has 94 valence electrons. The third-order valence-corrected chi connectivity index (χ3v) is 3.59. The molecule has 1 aromatic heterocycles. The van der Waals surface area contributed by atoms with Gasteiger partial charge in [0.15, 0.2) is 0 Å². The fraction of sp³-hybridized carbons (Fsp3) is 0.636. The van der Waals surface area contributed by atoms with Gasteiger partial charge >= 0.3 is 0 Å². The van der Waals surface area contributed by atoms with Crippen LogP contribution < -0.4 is 10.6 Å². The summed E-state index contributed by atoms with van der Waals surface area (Å²) in [7, 11) is 1.68. The Hall–Kier alpha value is -0.980. The van der Waals surface area contributed by atoms with E-state index in [1.165, 1.54) is 11.3 Å². The van der Waals surface area contributed by atoms with E-state index in [1.807, 2.05) is 0 Å². The molecule has 1 unspecified atom stereocenters. The van der Waals surface area contributed by atoms with Crippen molar-refractivity contribution in [1.29, 1.82) is 0 Å². The number of carbonyl (C=O) groups is 1. The fourth-order valence-corrected chi connectivity index (χ4v) is 2.67. The Balaban J connectivity index is 1.89. The summed E-state index contributed by atoms with van der Waals surface area (Å²) in [6, 6.07) is 0. The molecule has 1 atom stereocenters. The topological polar surface area (TPSA) is 63.2 Å². The highest BCUT2D eigenvalue weighted by atomic mass is 32.1. The molecule has 0 bridgehead atoms. The van der Waals surface area contributed by atoms with E-state index in [0.717, 1.165) is 19.4 Å². The molecule has 1 fully saturated rings. The van der Waals surface area contributed by atoms with Gasteiger partial charge in [-0.1, -0.05) is 0 Å². The predicted molar refractivity (Wildman–Crippen MR) is 66.3 cm³/mol. The minimum Gasteiger partial charge on any atom is -0.383 e. The molecule has 2 rings (SSSR count). The minimum atomic E-state index is -0.115. The van der Waals surface area contributed by atoms with Crippen molar-refractivity contribution >= 4 is 17.2 Å². The summed E-state index contributed by atoms with van der Waals surface area (Å²) in [6.45, 7) is 2.18. The number of hydrogen-bond acceptors (Lipinski definition) is 5. The summed E-state index contributed by atoms with van der Waals surface area (Å²) < 4.78 is 5.22. The number of nitrogens with zero attached hydrogens (tertiary/aromatic N) is 1. The molecule has 0 aliphatic carbocycles. The number of aromatic nitrogens is 1. The average molecular weight is 255 g/mol. The maximum atomic E-state index is 11.8. The number of methoxy groups -OCH3 is 1.